The van der Waals surface area contributed by atoms with Gasteiger partial charge in [0.1, 0.15) is 5.82 Å². The second-order valence-corrected chi connectivity index (χ2v) is 6.79. The van der Waals surface area contributed by atoms with E-state index in [0.717, 1.165) is 23.9 Å². The van der Waals surface area contributed by atoms with Crippen LogP contribution in [0.5, 0.6) is 0 Å². The Labute approximate surface area is 175 Å². The zero-order valence-corrected chi connectivity index (χ0v) is 17.1. The van der Waals surface area contributed by atoms with Crippen LogP contribution in [-0.2, 0) is 4.79 Å². The summed E-state index contributed by atoms with van der Waals surface area (Å²) >= 11 is 1.11. The van der Waals surface area contributed by atoms with Crippen LogP contribution in [0.25, 0.3) is 5.78 Å². The molecule has 0 aliphatic carbocycles. The van der Waals surface area contributed by atoms with E-state index in [1.807, 2.05) is 13.8 Å². The van der Waals surface area contributed by atoms with Gasteiger partial charge in [-0.25, -0.2) is 8.79 Å². The van der Waals surface area contributed by atoms with E-state index in [1.165, 1.54) is 12.1 Å². The number of amides is 2. The highest BCUT2D eigenvalue weighted by Crippen LogP contribution is 2.20. The van der Waals surface area contributed by atoms with Crippen molar-refractivity contribution < 1.29 is 14.0 Å². The number of thioether (sulfide) groups is 1. The van der Waals surface area contributed by atoms with E-state index >= 15 is 0 Å². The van der Waals surface area contributed by atoms with E-state index in [2.05, 4.69) is 41.7 Å². The first kappa shape index (κ1) is 21.2. The van der Waals surface area contributed by atoms with Gasteiger partial charge in [-0.15, -0.1) is 10.2 Å². The monoisotopic (exact) mass is 433 g/mol. The van der Waals surface area contributed by atoms with Crippen molar-refractivity contribution in [2.24, 2.45) is 0 Å². The van der Waals surface area contributed by atoms with Crippen molar-refractivity contribution in [1.29, 1.82) is 0 Å². The van der Waals surface area contributed by atoms with Gasteiger partial charge in [-0.05, 0) is 38.1 Å². The van der Waals surface area contributed by atoms with Gasteiger partial charge >= 0.3 is 0 Å². The molecule has 0 aliphatic heterocycles. The quantitative estimate of drug-likeness (QED) is 0.303. The van der Waals surface area contributed by atoms with E-state index < -0.39 is 17.6 Å². The molecule has 158 valence electrons. The minimum atomic E-state index is -0.555. The highest BCUT2D eigenvalue weighted by atomic mass is 32.2. The highest BCUT2D eigenvalue weighted by Gasteiger charge is 2.16. The molecular formula is C17H20FN9O2S. The molecule has 4 N–H and O–H groups in total. The first-order valence-electron chi connectivity index (χ1n) is 9.10. The molecular weight excluding hydrogens is 413 g/mol. The third kappa shape index (κ3) is 5.11. The Morgan fingerprint density at radius 2 is 1.77 bits per heavy atom. The lowest BCUT2D eigenvalue weighted by Gasteiger charge is -2.10. The average Bonchev–Trinajstić information content (AvgIpc) is 3.14. The summed E-state index contributed by atoms with van der Waals surface area (Å²) in [5, 5.41) is 14.7. The molecule has 0 aliphatic rings. The van der Waals surface area contributed by atoms with Gasteiger partial charge in [0.15, 0.2) is 5.16 Å². The third-order valence-corrected chi connectivity index (χ3v) is 4.60. The van der Waals surface area contributed by atoms with Crippen LogP contribution in [0, 0.1) is 5.82 Å². The number of benzene rings is 1. The highest BCUT2D eigenvalue weighted by molar-refractivity contribution is 7.99. The van der Waals surface area contributed by atoms with E-state index in [-0.39, 0.29) is 11.3 Å². The predicted octanol–water partition coefficient (Wildman–Crippen LogP) is 1.08. The van der Waals surface area contributed by atoms with Gasteiger partial charge in [0.2, 0.25) is 17.8 Å². The molecule has 0 radical (unpaired) electrons. The Kier molecular flexibility index (Phi) is 6.95. The molecule has 2 heterocycles. The summed E-state index contributed by atoms with van der Waals surface area (Å²) in [7, 11) is 0. The largest absolute Gasteiger partial charge is 0.355 e. The van der Waals surface area contributed by atoms with E-state index in [4.69, 9.17) is 0 Å². The van der Waals surface area contributed by atoms with Gasteiger partial charge in [-0.1, -0.05) is 11.8 Å². The summed E-state index contributed by atoms with van der Waals surface area (Å²) in [5.41, 5.74) is 4.80. The van der Waals surface area contributed by atoms with Crippen molar-refractivity contribution in [1.82, 2.24) is 35.4 Å². The Bertz CT molecular complexity index is 1040. The van der Waals surface area contributed by atoms with Crippen LogP contribution in [-0.4, -0.2) is 55.2 Å². The molecule has 13 heteroatoms. The smallest absolute Gasteiger partial charge is 0.269 e. The van der Waals surface area contributed by atoms with Gasteiger partial charge in [-0.3, -0.25) is 20.4 Å². The fraction of sp³-hybridized carbons (Fsp3) is 0.294. The molecule has 0 saturated carbocycles. The maximum Gasteiger partial charge on any atom is 0.269 e. The lowest BCUT2D eigenvalue weighted by molar-refractivity contribution is -0.119. The molecule has 2 aromatic heterocycles. The predicted molar refractivity (Wildman–Crippen MR) is 110 cm³/mol. The number of aromatic nitrogens is 5. The molecule has 0 atom stereocenters. The number of nitrogens with one attached hydrogen (secondary N) is 4. The van der Waals surface area contributed by atoms with Crippen molar-refractivity contribution in [3.05, 3.63) is 35.6 Å². The first-order valence-corrected chi connectivity index (χ1v) is 10.1. The van der Waals surface area contributed by atoms with Gasteiger partial charge in [0, 0.05) is 18.7 Å². The van der Waals surface area contributed by atoms with E-state index in [9.17, 15) is 14.0 Å². The first-order chi connectivity index (χ1) is 14.5. The minimum absolute atomic E-state index is 0.0367. The van der Waals surface area contributed by atoms with Crippen molar-refractivity contribution in [2.75, 3.05) is 29.5 Å². The van der Waals surface area contributed by atoms with Crippen LogP contribution in [0.1, 0.15) is 24.2 Å². The van der Waals surface area contributed by atoms with Crippen LogP contribution in [0.15, 0.2) is 29.4 Å². The third-order valence-electron chi connectivity index (χ3n) is 3.67. The molecule has 0 unspecified atom stereocenters. The standard InChI is InChI=1S/C17H20FN9O2S/c1-3-19-14-21-15(20-4-2)27-16(22-14)25-26-17(27)30-9-12(28)23-24-13(29)10-5-7-11(18)8-6-10/h5-8H,3-4,9H2,1-2H3,(H,23,28)(H,24,29)(H2,19,20,21,22,25). The Morgan fingerprint density at radius 1 is 1.03 bits per heavy atom. The fourth-order valence-corrected chi connectivity index (χ4v) is 3.09. The second kappa shape index (κ2) is 9.82. The molecule has 0 spiro atoms. The van der Waals surface area contributed by atoms with Gasteiger partial charge in [-0.2, -0.15) is 9.97 Å². The number of carbonyl (C=O) groups excluding carboxylic acids is 2. The summed E-state index contributed by atoms with van der Waals surface area (Å²) in [6.45, 7) is 5.13. The van der Waals surface area contributed by atoms with Gasteiger partial charge in [0.25, 0.3) is 11.7 Å². The minimum Gasteiger partial charge on any atom is -0.355 e. The molecule has 0 saturated heterocycles. The molecule has 2 amide bonds. The molecule has 3 aromatic rings. The van der Waals surface area contributed by atoms with Crippen molar-refractivity contribution >= 4 is 41.3 Å². The van der Waals surface area contributed by atoms with Crippen molar-refractivity contribution in [3.63, 3.8) is 0 Å². The summed E-state index contributed by atoms with van der Waals surface area (Å²) in [6, 6.07) is 4.96. The number of carbonyl (C=O) groups is 2. The maximum absolute atomic E-state index is 12.9. The Balaban J connectivity index is 1.62. The number of rotatable bonds is 8. The van der Waals surface area contributed by atoms with Crippen molar-refractivity contribution in [3.8, 4) is 0 Å². The zero-order chi connectivity index (χ0) is 21.5. The number of hydrogen-bond donors (Lipinski definition) is 4. The number of hydrogen-bond acceptors (Lipinski definition) is 9. The maximum atomic E-state index is 12.9. The Morgan fingerprint density at radius 3 is 2.47 bits per heavy atom. The number of hydrazine groups is 1. The summed E-state index contributed by atoms with van der Waals surface area (Å²) < 4.78 is 14.5. The summed E-state index contributed by atoms with van der Waals surface area (Å²) in [6.07, 6.45) is 0. The van der Waals surface area contributed by atoms with Crippen LogP contribution >= 0.6 is 11.8 Å². The van der Waals surface area contributed by atoms with Crippen LogP contribution in [0.2, 0.25) is 0 Å². The average molecular weight is 433 g/mol. The van der Waals surface area contributed by atoms with Gasteiger partial charge < -0.3 is 10.6 Å². The van der Waals surface area contributed by atoms with Crippen LogP contribution in [0.4, 0.5) is 16.3 Å². The fourth-order valence-electron chi connectivity index (χ4n) is 2.36. The Hall–Kier alpha value is -3.48. The van der Waals surface area contributed by atoms with E-state index in [0.29, 0.717) is 35.9 Å². The molecule has 1 aromatic carbocycles. The van der Waals surface area contributed by atoms with Crippen LogP contribution < -0.4 is 21.5 Å². The molecule has 0 fully saturated rings. The number of fused-ring (bicyclic) bond motifs is 1. The van der Waals surface area contributed by atoms with Crippen LogP contribution in [0.3, 0.4) is 0 Å². The topological polar surface area (TPSA) is 138 Å². The molecule has 3 rings (SSSR count). The molecule has 0 bridgehead atoms. The number of nitrogens with zero attached hydrogens (tertiary/aromatic N) is 5. The SMILES string of the molecule is CCNc1nc(NCC)n2c(SCC(=O)NNC(=O)c3ccc(F)cc3)nnc2n1. The normalized spacial score (nSPS) is 10.6. The second-order valence-electron chi connectivity index (χ2n) is 5.85. The van der Waals surface area contributed by atoms with Gasteiger partial charge in [0.05, 0.1) is 5.75 Å². The zero-order valence-electron chi connectivity index (χ0n) is 16.3. The van der Waals surface area contributed by atoms with E-state index in [1.54, 1.807) is 4.40 Å². The molecule has 30 heavy (non-hydrogen) atoms. The summed E-state index contributed by atoms with van der Waals surface area (Å²) in [5.74, 6) is -0.245. The molecule has 11 nitrogen and oxygen atoms in total. The summed E-state index contributed by atoms with van der Waals surface area (Å²) in [4.78, 5) is 32.7. The number of halogens is 1. The lowest BCUT2D eigenvalue weighted by atomic mass is 10.2. The number of anilines is 2. The van der Waals surface area contributed by atoms with Crippen molar-refractivity contribution in [2.45, 2.75) is 19.0 Å². The lowest BCUT2D eigenvalue weighted by Crippen LogP contribution is -2.42.